The van der Waals surface area contributed by atoms with Gasteiger partial charge in [0.15, 0.2) is 6.29 Å². The van der Waals surface area contributed by atoms with Gasteiger partial charge in [-0.1, -0.05) is 36.4 Å². The standard InChI is InChI=1S/C17H23NO2/c1-3-19-17(20-4-2)13-18-12-14-9-10-15-7-5-6-8-16(15)11-14/h5-11,17-18H,3-4,12-13H2,1-2H3. The first-order valence-electron chi connectivity index (χ1n) is 7.25. The minimum atomic E-state index is -0.162. The van der Waals surface area contributed by atoms with Crippen molar-refractivity contribution in [2.45, 2.75) is 26.7 Å². The molecular weight excluding hydrogens is 250 g/mol. The normalized spacial score (nSPS) is 11.3. The zero-order valence-electron chi connectivity index (χ0n) is 12.3. The van der Waals surface area contributed by atoms with Crippen LogP contribution >= 0.6 is 0 Å². The fourth-order valence-electron chi connectivity index (χ4n) is 2.22. The van der Waals surface area contributed by atoms with Gasteiger partial charge in [0.25, 0.3) is 0 Å². The fraction of sp³-hybridized carbons (Fsp3) is 0.412. The van der Waals surface area contributed by atoms with E-state index in [9.17, 15) is 0 Å². The zero-order valence-corrected chi connectivity index (χ0v) is 12.3. The molecule has 0 saturated carbocycles. The van der Waals surface area contributed by atoms with Gasteiger partial charge in [0, 0.05) is 26.3 Å². The molecule has 108 valence electrons. The number of benzene rings is 2. The lowest BCUT2D eigenvalue weighted by Gasteiger charge is -2.17. The summed E-state index contributed by atoms with van der Waals surface area (Å²) in [5, 5.41) is 5.94. The lowest BCUT2D eigenvalue weighted by Crippen LogP contribution is -2.31. The van der Waals surface area contributed by atoms with Crippen molar-refractivity contribution in [3.05, 3.63) is 48.0 Å². The lowest BCUT2D eigenvalue weighted by molar-refractivity contribution is -0.133. The molecular formula is C17H23NO2. The summed E-state index contributed by atoms with van der Waals surface area (Å²) in [5.41, 5.74) is 1.27. The van der Waals surface area contributed by atoms with E-state index in [4.69, 9.17) is 9.47 Å². The Bertz CT molecular complexity index is 521. The average Bonchev–Trinajstić information content (AvgIpc) is 2.47. The van der Waals surface area contributed by atoms with Crippen molar-refractivity contribution in [1.29, 1.82) is 0 Å². The van der Waals surface area contributed by atoms with Gasteiger partial charge in [-0.15, -0.1) is 0 Å². The monoisotopic (exact) mass is 273 g/mol. The summed E-state index contributed by atoms with van der Waals surface area (Å²) in [4.78, 5) is 0. The first-order valence-corrected chi connectivity index (χ1v) is 7.25. The Morgan fingerprint density at radius 3 is 2.35 bits per heavy atom. The number of fused-ring (bicyclic) bond motifs is 1. The van der Waals surface area contributed by atoms with Crippen molar-refractivity contribution >= 4 is 10.8 Å². The highest BCUT2D eigenvalue weighted by molar-refractivity contribution is 5.82. The predicted octanol–water partition coefficient (Wildman–Crippen LogP) is 3.33. The van der Waals surface area contributed by atoms with Gasteiger partial charge in [-0.2, -0.15) is 0 Å². The molecule has 0 aliphatic heterocycles. The van der Waals surface area contributed by atoms with E-state index in [0.29, 0.717) is 19.8 Å². The van der Waals surface area contributed by atoms with Crippen molar-refractivity contribution in [2.24, 2.45) is 0 Å². The third-order valence-corrected chi connectivity index (χ3v) is 3.16. The second kappa shape index (κ2) is 8.00. The highest BCUT2D eigenvalue weighted by Gasteiger charge is 2.06. The Balaban J connectivity index is 1.88. The van der Waals surface area contributed by atoms with E-state index in [1.54, 1.807) is 0 Å². The van der Waals surface area contributed by atoms with E-state index in [2.05, 4.69) is 47.8 Å². The molecule has 0 atom stereocenters. The molecule has 0 aliphatic rings. The molecule has 0 fully saturated rings. The zero-order chi connectivity index (χ0) is 14.2. The van der Waals surface area contributed by atoms with Gasteiger partial charge in [-0.3, -0.25) is 0 Å². The Morgan fingerprint density at radius 1 is 0.950 bits per heavy atom. The van der Waals surface area contributed by atoms with E-state index in [1.807, 2.05) is 13.8 Å². The van der Waals surface area contributed by atoms with Crippen molar-refractivity contribution in [2.75, 3.05) is 19.8 Å². The predicted molar refractivity (Wildman–Crippen MR) is 82.7 cm³/mol. The van der Waals surface area contributed by atoms with Crippen LogP contribution in [0.4, 0.5) is 0 Å². The minimum absolute atomic E-state index is 0.162. The molecule has 20 heavy (non-hydrogen) atoms. The van der Waals surface area contributed by atoms with Gasteiger partial charge in [0.1, 0.15) is 0 Å². The summed E-state index contributed by atoms with van der Waals surface area (Å²) >= 11 is 0. The molecule has 2 rings (SSSR count). The van der Waals surface area contributed by atoms with Crippen LogP contribution in [0.1, 0.15) is 19.4 Å². The van der Waals surface area contributed by atoms with Crippen LogP contribution in [0, 0.1) is 0 Å². The van der Waals surface area contributed by atoms with Crippen LogP contribution in [0.3, 0.4) is 0 Å². The molecule has 3 heteroatoms. The summed E-state index contributed by atoms with van der Waals surface area (Å²) in [5.74, 6) is 0. The van der Waals surface area contributed by atoms with Gasteiger partial charge in [0.05, 0.1) is 0 Å². The molecule has 0 heterocycles. The van der Waals surface area contributed by atoms with Gasteiger partial charge < -0.3 is 14.8 Å². The Kier molecular flexibility index (Phi) is 5.99. The maximum absolute atomic E-state index is 5.51. The number of ether oxygens (including phenoxy) is 2. The van der Waals surface area contributed by atoms with Crippen LogP contribution < -0.4 is 5.32 Å². The largest absolute Gasteiger partial charge is 0.352 e. The summed E-state index contributed by atoms with van der Waals surface area (Å²) in [6, 6.07) is 14.9. The maximum Gasteiger partial charge on any atom is 0.169 e. The Labute approximate surface area is 120 Å². The molecule has 0 radical (unpaired) electrons. The second-order valence-corrected chi connectivity index (χ2v) is 4.65. The third kappa shape index (κ3) is 4.30. The summed E-state index contributed by atoms with van der Waals surface area (Å²) in [6.45, 7) is 6.82. The van der Waals surface area contributed by atoms with Crippen molar-refractivity contribution in [1.82, 2.24) is 5.32 Å². The molecule has 0 amide bonds. The van der Waals surface area contributed by atoms with E-state index < -0.39 is 0 Å². The molecule has 0 bridgehead atoms. The smallest absolute Gasteiger partial charge is 0.169 e. The third-order valence-electron chi connectivity index (χ3n) is 3.16. The minimum Gasteiger partial charge on any atom is -0.352 e. The highest BCUT2D eigenvalue weighted by atomic mass is 16.7. The molecule has 0 unspecified atom stereocenters. The summed E-state index contributed by atoms with van der Waals surface area (Å²) in [6.07, 6.45) is -0.162. The first kappa shape index (κ1) is 15.0. The fourth-order valence-corrected chi connectivity index (χ4v) is 2.22. The van der Waals surface area contributed by atoms with Crippen LogP contribution in [-0.4, -0.2) is 26.0 Å². The van der Waals surface area contributed by atoms with Gasteiger partial charge in [0.2, 0.25) is 0 Å². The average molecular weight is 273 g/mol. The van der Waals surface area contributed by atoms with Crippen molar-refractivity contribution in [3.63, 3.8) is 0 Å². The molecule has 0 spiro atoms. The molecule has 0 saturated heterocycles. The highest BCUT2D eigenvalue weighted by Crippen LogP contribution is 2.15. The molecule has 0 aliphatic carbocycles. The van der Waals surface area contributed by atoms with Gasteiger partial charge in [-0.05, 0) is 36.2 Å². The number of hydrogen-bond acceptors (Lipinski definition) is 3. The van der Waals surface area contributed by atoms with Crippen LogP contribution in [0.5, 0.6) is 0 Å². The van der Waals surface area contributed by atoms with Gasteiger partial charge in [-0.25, -0.2) is 0 Å². The van der Waals surface area contributed by atoms with Crippen molar-refractivity contribution < 1.29 is 9.47 Å². The topological polar surface area (TPSA) is 30.5 Å². The molecule has 0 aromatic heterocycles. The summed E-state index contributed by atoms with van der Waals surface area (Å²) < 4.78 is 11.0. The van der Waals surface area contributed by atoms with Gasteiger partial charge >= 0.3 is 0 Å². The van der Waals surface area contributed by atoms with Crippen LogP contribution in [0.2, 0.25) is 0 Å². The molecule has 2 aromatic carbocycles. The Morgan fingerprint density at radius 2 is 1.65 bits per heavy atom. The van der Waals surface area contributed by atoms with Crippen LogP contribution in [0.15, 0.2) is 42.5 Å². The second-order valence-electron chi connectivity index (χ2n) is 4.65. The Hall–Kier alpha value is -1.42. The molecule has 3 nitrogen and oxygen atoms in total. The van der Waals surface area contributed by atoms with E-state index in [1.165, 1.54) is 16.3 Å². The number of rotatable bonds is 8. The number of hydrogen-bond donors (Lipinski definition) is 1. The molecule has 2 aromatic rings. The number of nitrogens with one attached hydrogen (secondary N) is 1. The van der Waals surface area contributed by atoms with Crippen molar-refractivity contribution in [3.8, 4) is 0 Å². The van der Waals surface area contributed by atoms with Crippen LogP contribution in [-0.2, 0) is 16.0 Å². The maximum atomic E-state index is 5.51. The quantitative estimate of drug-likeness (QED) is 0.748. The van der Waals surface area contributed by atoms with E-state index in [0.717, 1.165) is 6.54 Å². The lowest BCUT2D eigenvalue weighted by atomic mass is 10.1. The first-order chi connectivity index (χ1) is 9.83. The van der Waals surface area contributed by atoms with E-state index in [-0.39, 0.29) is 6.29 Å². The SMILES string of the molecule is CCOC(CNCc1ccc2ccccc2c1)OCC. The molecule has 1 N–H and O–H groups in total. The summed E-state index contributed by atoms with van der Waals surface area (Å²) in [7, 11) is 0. The van der Waals surface area contributed by atoms with Crippen LogP contribution in [0.25, 0.3) is 10.8 Å². The van der Waals surface area contributed by atoms with E-state index >= 15 is 0 Å².